The number of methoxy groups -OCH3 is 1. The monoisotopic (exact) mass is 266 g/mol. The number of ketones is 1. The molecular weight excluding hydrogens is 252 g/mol. The van der Waals surface area contributed by atoms with Crippen LogP contribution in [0.1, 0.15) is 17.3 Å². The smallest absolute Gasteiger partial charge is 0.379 e. The van der Waals surface area contributed by atoms with Crippen LogP contribution in [0.3, 0.4) is 0 Å². The first-order chi connectivity index (χ1) is 9.19. The lowest BCUT2D eigenvalue weighted by molar-refractivity contribution is -0.137. The van der Waals surface area contributed by atoms with Gasteiger partial charge in [-0.05, 0) is 19.1 Å². The van der Waals surface area contributed by atoms with Gasteiger partial charge in [0.25, 0.3) is 5.78 Å². The zero-order valence-corrected chi connectivity index (χ0v) is 10.7. The molecule has 1 heterocycles. The second kappa shape index (κ2) is 5.60. The predicted molar refractivity (Wildman–Crippen MR) is 64.9 cm³/mol. The Balaban J connectivity index is 2.47. The maximum atomic E-state index is 12.1. The zero-order chi connectivity index (χ0) is 13.8. The second-order valence-corrected chi connectivity index (χ2v) is 3.72. The summed E-state index contributed by atoms with van der Waals surface area (Å²) >= 11 is 0. The lowest BCUT2D eigenvalue weighted by Crippen LogP contribution is -2.22. The molecule has 0 fully saturated rings. The van der Waals surface area contributed by atoms with Crippen molar-refractivity contribution in [3.05, 3.63) is 17.7 Å². The molecule has 0 aromatic heterocycles. The van der Waals surface area contributed by atoms with Gasteiger partial charge in [0, 0.05) is 0 Å². The molecule has 0 bridgehead atoms. The molecule has 1 aliphatic heterocycles. The van der Waals surface area contributed by atoms with E-state index in [1.54, 1.807) is 19.1 Å². The molecule has 102 valence electrons. The molecule has 1 aromatic rings. The minimum absolute atomic E-state index is 0.0400. The van der Waals surface area contributed by atoms with E-state index >= 15 is 0 Å². The Labute approximate surface area is 110 Å². The van der Waals surface area contributed by atoms with Gasteiger partial charge < -0.3 is 18.9 Å². The number of hydrogen-bond acceptors (Lipinski definition) is 6. The van der Waals surface area contributed by atoms with Crippen molar-refractivity contribution in [1.82, 2.24) is 0 Å². The van der Waals surface area contributed by atoms with Crippen LogP contribution in [0, 0.1) is 0 Å². The summed E-state index contributed by atoms with van der Waals surface area (Å²) in [6.07, 6.45) is 0. The Bertz CT molecular complexity index is 508. The van der Waals surface area contributed by atoms with Gasteiger partial charge in [0.05, 0.1) is 13.7 Å². The van der Waals surface area contributed by atoms with Gasteiger partial charge in [-0.15, -0.1) is 0 Å². The maximum Gasteiger partial charge on any atom is 0.379 e. The predicted octanol–water partition coefficient (Wildman–Crippen LogP) is 1.21. The standard InChI is InChI=1S/C13H14O6/c1-3-17-13(15)11(14)10-8(16-2)4-5-9-12(10)19-7-6-18-9/h4-5H,3,6-7H2,1-2H3. The Morgan fingerprint density at radius 3 is 2.68 bits per heavy atom. The normalized spacial score (nSPS) is 12.7. The molecule has 6 nitrogen and oxygen atoms in total. The zero-order valence-electron chi connectivity index (χ0n) is 10.7. The minimum Gasteiger partial charge on any atom is -0.496 e. The SMILES string of the molecule is CCOC(=O)C(=O)c1c(OC)ccc2c1OCCO2. The molecule has 19 heavy (non-hydrogen) atoms. The van der Waals surface area contributed by atoms with E-state index in [-0.39, 0.29) is 23.7 Å². The molecule has 0 saturated heterocycles. The average Bonchev–Trinajstić information content (AvgIpc) is 2.45. The third-order valence-corrected chi connectivity index (χ3v) is 2.58. The van der Waals surface area contributed by atoms with Crippen LogP contribution in [0.4, 0.5) is 0 Å². The van der Waals surface area contributed by atoms with E-state index in [0.717, 1.165) is 0 Å². The fourth-order valence-electron chi connectivity index (χ4n) is 1.78. The third-order valence-electron chi connectivity index (χ3n) is 2.58. The summed E-state index contributed by atoms with van der Waals surface area (Å²) in [7, 11) is 1.41. The topological polar surface area (TPSA) is 71.1 Å². The van der Waals surface area contributed by atoms with E-state index in [9.17, 15) is 9.59 Å². The summed E-state index contributed by atoms with van der Waals surface area (Å²) < 4.78 is 20.6. The van der Waals surface area contributed by atoms with Crippen LogP contribution in [-0.4, -0.2) is 38.7 Å². The summed E-state index contributed by atoms with van der Waals surface area (Å²) in [5.41, 5.74) is 0.0400. The Hall–Kier alpha value is -2.24. The van der Waals surface area contributed by atoms with E-state index in [1.165, 1.54) is 7.11 Å². The Kier molecular flexibility index (Phi) is 3.89. The van der Waals surface area contributed by atoms with Crippen LogP contribution < -0.4 is 14.2 Å². The van der Waals surface area contributed by atoms with Crippen molar-refractivity contribution in [2.45, 2.75) is 6.92 Å². The molecule has 0 saturated carbocycles. The number of esters is 1. The van der Waals surface area contributed by atoms with Crippen LogP contribution in [0.5, 0.6) is 17.2 Å². The Morgan fingerprint density at radius 1 is 1.26 bits per heavy atom. The van der Waals surface area contributed by atoms with E-state index in [1.807, 2.05) is 0 Å². The summed E-state index contributed by atoms with van der Waals surface area (Å²) in [5, 5.41) is 0. The number of rotatable bonds is 4. The van der Waals surface area contributed by atoms with Gasteiger partial charge >= 0.3 is 5.97 Å². The average molecular weight is 266 g/mol. The van der Waals surface area contributed by atoms with Gasteiger partial charge in [0.1, 0.15) is 24.5 Å². The molecule has 0 radical (unpaired) electrons. The van der Waals surface area contributed by atoms with Crippen LogP contribution in [0.25, 0.3) is 0 Å². The van der Waals surface area contributed by atoms with Crippen molar-refractivity contribution in [2.75, 3.05) is 26.9 Å². The van der Waals surface area contributed by atoms with Gasteiger partial charge in [0.2, 0.25) is 0 Å². The van der Waals surface area contributed by atoms with Gasteiger partial charge in [-0.25, -0.2) is 4.79 Å². The molecule has 0 atom stereocenters. The highest BCUT2D eigenvalue weighted by molar-refractivity contribution is 6.42. The van der Waals surface area contributed by atoms with Crippen molar-refractivity contribution in [3.8, 4) is 17.2 Å². The van der Waals surface area contributed by atoms with Crippen molar-refractivity contribution in [3.63, 3.8) is 0 Å². The first-order valence-electron chi connectivity index (χ1n) is 5.87. The lowest BCUT2D eigenvalue weighted by Gasteiger charge is -2.21. The molecule has 0 spiro atoms. The highest BCUT2D eigenvalue weighted by Gasteiger charge is 2.30. The highest BCUT2D eigenvalue weighted by atomic mass is 16.6. The van der Waals surface area contributed by atoms with Crippen molar-refractivity contribution in [2.24, 2.45) is 0 Å². The summed E-state index contributed by atoms with van der Waals surface area (Å²) in [6, 6.07) is 3.19. The van der Waals surface area contributed by atoms with Crippen LogP contribution >= 0.6 is 0 Å². The third kappa shape index (κ3) is 2.47. The number of fused-ring (bicyclic) bond motifs is 1. The first-order valence-corrected chi connectivity index (χ1v) is 5.87. The summed E-state index contributed by atoms with van der Waals surface area (Å²) in [6.45, 7) is 2.46. The summed E-state index contributed by atoms with van der Waals surface area (Å²) in [5.74, 6) is -0.852. The number of benzene rings is 1. The molecule has 2 rings (SSSR count). The van der Waals surface area contributed by atoms with Gasteiger partial charge in [-0.2, -0.15) is 0 Å². The van der Waals surface area contributed by atoms with E-state index in [4.69, 9.17) is 18.9 Å². The van der Waals surface area contributed by atoms with Gasteiger partial charge in [-0.3, -0.25) is 4.79 Å². The van der Waals surface area contributed by atoms with E-state index in [2.05, 4.69) is 0 Å². The molecule has 0 aliphatic carbocycles. The number of hydrogen-bond donors (Lipinski definition) is 0. The van der Waals surface area contributed by atoms with Gasteiger partial charge in [0.15, 0.2) is 11.5 Å². The lowest BCUT2D eigenvalue weighted by atomic mass is 10.1. The number of Topliss-reactive ketones (excluding diaryl/α,β-unsaturated/α-hetero) is 1. The first kappa shape index (κ1) is 13.2. The molecule has 6 heteroatoms. The maximum absolute atomic E-state index is 12.1. The van der Waals surface area contributed by atoms with E-state index in [0.29, 0.717) is 19.0 Å². The van der Waals surface area contributed by atoms with Crippen LogP contribution in [-0.2, 0) is 9.53 Å². The van der Waals surface area contributed by atoms with E-state index < -0.39 is 11.8 Å². The number of ether oxygens (including phenoxy) is 4. The Morgan fingerprint density at radius 2 is 2.00 bits per heavy atom. The molecule has 0 N–H and O–H groups in total. The van der Waals surface area contributed by atoms with Crippen molar-refractivity contribution in [1.29, 1.82) is 0 Å². The molecular formula is C13H14O6. The van der Waals surface area contributed by atoms with Crippen molar-refractivity contribution >= 4 is 11.8 Å². The fraction of sp³-hybridized carbons (Fsp3) is 0.385. The largest absolute Gasteiger partial charge is 0.496 e. The van der Waals surface area contributed by atoms with Gasteiger partial charge in [-0.1, -0.05) is 0 Å². The molecule has 1 aromatic carbocycles. The number of carbonyl (C=O) groups excluding carboxylic acids is 2. The number of carbonyl (C=O) groups is 2. The van der Waals surface area contributed by atoms with Crippen molar-refractivity contribution < 1.29 is 28.5 Å². The highest BCUT2D eigenvalue weighted by Crippen LogP contribution is 2.39. The molecule has 1 aliphatic rings. The summed E-state index contributed by atoms with van der Waals surface area (Å²) in [4.78, 5) is 23.7. The minimum atomic E-state index is -0.941. The van der Waals surface area contributed by atoms with Crippen LogP contribution in [0.2, 0.25) is 0 Å². The second-order valence-electron chi connectivity index (χ2n) is 3.72. The quantitative estimate of drug-likeness (QED) is 0.463. The molecule has 0 amide bonds. The fourth-order valence-corrected chi connectivity index (χ4v) is 1.78. The van der Waals surface area contributed by atoms with Crippen LogP contribution in [0.15, 0.2) is 12.1 Å². The molecule has 0 unspecified atom stereocenters.